The van der Waals surface area contributed by atoms with Crippen molar-refractivity contribution < 1.29 is 53.2 Å². The summed E-state index contributed by atoms with van der Waals surface area (Å²) in [4.78, 5) is 11.1. The van der Waals surface area contributed by atoms with Gasteiger partial charge in [0.15, 0.2) is 29.9 Å². The van der Waals surface area contributed by atoms with E-state index in [4.69, 9.17) is 4.55 Å². The first-order chi connectivity index (χ1) is 9.81. The van der Waals surface area contributed by atoms with Gasteiger partial charge in [0.2, 0.25) is 5.82 Å². The first-order valence-corrected chi connectivity index (χ1v) is 6.28. The molecule has 0 saturated heterocycles. The van der Waals surface area contributed by atoms with Gasteiger partial charge in [-0.1, -0.05) is 0 Å². The highest BCUT2D eigenvalue weighted by Crippen LogP contribution is 2.25. The Morgan fingerprint density at radius 1 is 0.955 bits per heavy atom. The van der Waals surface area contributed by atoms with Gasteiger partial charge in [-0.2, -0.15) is 17.2 Å². The Balaban J connectivity index is 3.17. The summed E-state index contributed by atoms with van der Waals surface area (Å²) in [5, 5.41) is -5.05. The summed E-state index contributed by atoms with van der Waals surface area (Å²) in [6, 6.07) is 0. The van der Waals surface area contributed by atoms with Crippen LogP contribution in [0.1, 0.15) is 10.4 Å². The van der Waals surface area contributed by atoms with Crippen molar-refractivity contribution in [2.24, 2.45) is 0 Å². The van der Waals surface area contributed by atoms with Crippen LogP contribution in [0.15, 0.2) is 0 Å². The highest BCUT2D eigenvalue weighted by atomic mass is 32.2. The van der Waals surface area contributed by atoms with Gasteiger partial charge in [-0.05, 0) is 0 Å². The highest BCUT2D eigenvalue weighted by molar-refractivity contribution is 7.86. The molecule has 0 heterocycles. The second-order valence-electron chi connectivity index (χ2n) is 3.63. The third-order valence-electron chi connectivity index (χ3n) is 2.16. The minimum atomic E-state index is -6.03. The van der Waals surface area contributed by atoms with Gasteiger partial charge in [0.05, 0.1) is 0 Å². The normalized spacial score (nSPS) is 12.4. The van der Waals surface area contributed by atoms with Gasteiger partial charge in [0.1, 0.15) is 5.56 Å². The van der Waals surface area contributed by atoms with Gasteiger partial charge in [-0.3, -0.25) is 4.55 Å². The average molecular weight is 356 g/mol. The van der Waals surface area contributed by atoms with Crippen LogP contribution in [-0.4, -0.2) is 30.8 Å². The van der Waals surface area contributed by atoms with Crippen LogP contribution in [0, 0.1) is 29.1 Å². The molecule has 5 nitrogen and oxygen atoms in total. The van der Waals surface area contributed by atoms with Crippen molar-refractivity contribution in [2.75, 3.05) is 6.61 Å². The summed E-state index contributed by atoms with van der Waals surface area (Å²) < 4.78 is 122. The third kappa shape index (κ3) is 3.14. The summed E-state index contributed by atoms with van der Waals surface area (Å²) >= 11 is 0. The van der Waals surface area contributed by atoms with E-state index in [9.17, 15) is 43.9 Å². The Hall–Kier alpha value is -1.89. The van der Waals surface area contributed by atoms with Crippen LogP contribution in [-0.2, 0) is 14.9 Å². The molecule has 13 heteroatoms. The lowest BCUT2D eigenvalue weighted by Crippen LogP contribution is -2.35. The molecule has 0 unspecified atom stereocenters. The zero-order valence-electron chi connectivity index (χ0n) is 9.84. The predicted octanol–water partition coefficient (Wildman–Crippen LogP) is 2.02. The summed E-state index contributed by atoms with van der Waals surface area (Å²) in [7, 11) is -6.03. The molecule has 1 aromatic carbocycles. The molecule has 0 aromatic heterocycles. The fourth-order valence-corrected chi connectivity index (χ4v) is 1.29. The first-order valence-electron chi connectivity index (χ1n) is 4.84. The van der Waals surface area contributed by atoms with Crippen molar-refractivity contribution in [3.05, 3.63) is 34.6 Å². The van der Waals surface area contributed by atoms with E-state index in [2.05, 4.69) is 4.74 Å². The standard InChI is InChI=1S/C9H3F7O5S/c10-3-2(4(11)6(13)7(14)5(3)12)8(17)21-1-9(15,16)22(18,19)20/h1H2,(H,18,19,20). The number of rotatable bonds is 4. The molecule has 0 aliphatic heterocycles. The van der Waals surface area contributed by atoms with Crippen LogP contribution < -0.4 is 0 Å². The molecule has 1 N–H and O–H groups in total. The van der Waals surface area contributed by atoms with Crippen LogP contribution in [0.2, 0.25) is 0 Å². The monoisotopic (exact) mass is 356 g/mol. The van der Waals surface area contributed by atoms with E-state index in [1.807, 2.05) is 0 Å². The number of hydrogen-bond acceptors (Lipinski definition) is 4. The van der Waals surface area contributed by atoms with Crippen molar-refractivity contribution in [2.45, 2.75) is 5.25 Å². The minimum Gasteiger partial charge on any atom is -0.454 e. The van der Waals surface area contributed by atoms with Crippen molar-refractivity contribution in [3.8, 4) is 0 Å². The van der Waals surface area contributed by atoms with Gasteiger partial charge in [-0.15, -0.1) is 0 Å². The van der Waals surface area contributed by atoms with Crippen molar-refractivity contribution >= 4 is 16.1 Å². The third-order valence-corrected chi connectivity index (χ3v) is 3.04. The Morgan fingerprint density at radius 3 is 1.68 bits per heavy atom. The van der Waals surface area contributed by atoms with Gasteiger partial charge >= 0.3 is 21.3 Å². The van der Waals surface area contributed by atoms with Crippen LogP contribution in [0.25, 0.3) is 0 Å². The molecule has 0 saturated carbocycles. The Bertz CT molecular complexity index is 701. The lowest BCUT2D eigenvalue weighted by molar-refractivity contribution is -0.0102. The maximum absolute atomic E-state index is 13.1. The molecule has 0 amide bonds. The molecule has 0 fully saturated rings. The van der Waals surface area contributed by atoms with Crippen molar-refractivity contribution in [3.63, 3.8) is 0 Å². The second kappa shape index (κ2) is 5.72. The highest BCUT2D eigenvalue weighted by Gasteiger charge is 2.46. The Kier molecular flexibility index (Phi) is 4.72. The van der Waals surface area contributed by atoms with E-state index in [-0.39, 0.29) is 0 Å². The molecule has 1 rings (SSSR count). The van der Waals surface area contributed by atoms with Gasteiger partial charge in [-0.25, -0.2) is 26.7 Å². The minimum absolute atomic E-state index is 2.19. The number of alkyl halides is 2. The molecule has 0 radical (unpaired) electrons. The lowest BCUT2D eigenvalue weighted by Gasteiger charge is -2.13. The Morgan fingerprint density at radius 2 is 1.32 bits per heavy atom. The maximum Gasteiger partial charge on any atom is 0.402 e. The molecule has 0 bridgehead atoms. The van der Waals surface area contributed by atoms with Crippen molar-refractivity contribution in [1.82, 2.24) is 0 Å². The largest absolute Gasteiger partial charge is 0.454 e. The second-order valence-corrected chi connectivity index (χ2v) is 5.18. The van der Waals surface area contributed by atoms with Gasteiger partial charge in [0, 0.05) is 0 Å². The fourth-order valence-electron chi connectivity index (χ4n) is 1.08. The van der Waals surface area contributed by atoms with Crippen LogP contribution in [0.5, 0.6) is 0 Å². The number of carbonyl (C=O) groups excluding carboxylic acids is 1. The molecule has 0 aliphatic carbocycles. The molecular formula is C9H3F7O5S. The van der Waals surface area contributed by atoms with Crippen molar-refractivity contribution in [1.29, 1.82) is 0 Å². The van der Waals surface area contributed by atoms with Gasteiger partial charge in [0.25, 0.3) is 0 Å². The van der Waals surface area contributed by atoms with E-state index in [0.29, 0.717) is 0 Å². The van der Waals surface area contributed by atoms with Crippen LogP contribution in [0.3, 0.4) is 0 Å². The SMILES string of the molecule is O=C(OCC(F)(F)S(=O)(=O)O)c1c(F)c(F)c(F)c(F)c1F. The quantitative estimate of drug-likeness (QED) is 0.294. The summed E-state index contributed by atoms with van der Waals surface area (Å²) in [5.41, 5.74) is -2.19. The lowest BCUT2D eigenvalue weighted by atomic mass is 10.1. The number of halogens is 7. The molecule has 0 atom stereocenters. The summed E-state index contributed by atoms with van der Waals surface area (Å²) in [6.45, 7) is -2.41. The molecule has 0 spiro atoms. The first kappa shape index (κ1) is 18.2. The van der Waals surface area contributed by atoms with Crippen LogP contribution >= 0.6 is 0 Å². The van der Waals surface area contributed by atoms with E-state index >= 15 is 0 Å². The molecule has 22 heavy (non-hydrogen) atoms. The van der Waals surface area contributed by atoms with E-state index < -0.39 is 62.6 Å². The van der Waals surface area contributed by atoms with E-state index in [1.165, 1.54) is 0 Å². The predicted molar refractivity (Wildman–Crippen MR) is 53.0 cm³/mol. The zero-order chi connectivity index (χ0) is 17.5. The topological polar surface area (TPSA) is 80.7 Å². The number of carbonyl (C=O) groups is 1. The fraction of sp³-hybridized carbons (Fsp3) is 0.222. The zero-order valence-corrected chi connectivity index (χ0v) is 10.7. The smallest absolute Gasteiger partial charge is 0.402 e. The number of esters is 1. The van der Waals surface area contributed by atoms with E-state index in [0.717, 1.165) is 0 Å². The summed E-state index contributed by atoms with van der Waals surface area (Å²) in [6.07, 6.45) is 0. The number of ether oxygens (including phenoxy) is 1. The van der Waals surface area contributed by atoms with Gasteiger partial charge < -0.3 is 4.74 Å². The average Bonchev–Trinajstić information content (AvgIpc) is 2.40. The molecule has 0 aliphatic rings. The van der Waals surface area contributed by atoms with E-state index in [1.54, 1.807) is 0 Å². The number of benzene rings is 1. The Labute approximate surface area is 117 Å². The molecule has 124 valence electrons. The molecular weight excluding hydrogens is 353 g/mol. The molecule has 1 aromatic rings. The van der Waals surface area contributed by atoms with Crippen LogP contribution in [0.4, 0.5) is 30.7 Å². The maximum atomic E-state index is 13.1. The number of hydrogen-bond donors (Lipinski definition) is 1. The summed E-state index contributed by atoms with van der Waals surface area (Å²) in [5.74, 6) is -15.4.